The van der Waals surface area contributed by atoms with Gasteiger partial charge in [0, 0.05) is 34.4 Å². The monoisotopic (exact) mass is 350 g/mol. The lowest BCUT2D eigenvalue weighted by molar-refractivity contribution is 0.475. The van der Waals surface area contributed by atoms with Crippen molar-refractivity contribution in [3.63, 3.8) is 0 Å². The first-order valence-corrected chi connectivity index (χ1v) is 8.78. The molecule has 3 nitrogen and oxygen atoms in total. The molecule has 4 rings (SSSR count). The summed E-state index contributed by atoms with van der Waals surface area (Å²) in [5.74, 6) is 0.258. The lowest BCUT2D eigenvalue weighted by Crippen LogP contribution is -2.19. The number of phenolic OH excluding ortho intramolecular Hbond substituents is 1. The zero-order valence-electron chi connectivity index (χ0n) is 13.7. The maximum atomic E-state index is 9.70. The minimum absolute atomic E-state index is 0.150. The van der Waals surface area contributed by atoms with E-state index < -0.39 is 0 Å². The fraction of sp³-hybridized carbons (Fsp3) is 0.190. The molecule has 25 heavy (non-hydrogen) atoms. The van der Waals surface area contributed by atoms with Gasteiger partial charge >= 0.3 is 0 Å². The zero-order chi connectivity index (χ0) is 17.3. The van der Waals surface area contributed by atoms with E-state index in [0.717, 1.165) is 41.4 Å². The van der Waals surface area contributed by atoms with Crippen LogP contribution in [0.5, 0.6) is 5.75 Å². The number of phenols is 1. The van der Waals surface area contributed by atoms with Crippen LogP contribution in [0, 0.1) is 0 Å². The summed E-state index contributed by atoms with van der Waals surface area (Å²) >= 11 is 6.06. The maximum Gasteiger partial charge on any atom is 0.116 e. The van der Waals surface area contributed by atoms with Crippen molar-refractivity contribution >= 4 is 17.3 Å². The van der Waals surface area contributed by atoms with Crippen molar-refractivity contribution in [2.24, 2.45) is 0 Å². The van der Waals surface area contributed by atoms with Gasteiger partial charge in [-0.3, -0.25) is 4.98 Å². The molecule has 1 heterocycles. The number of nitrogens with zero attached hydrogens (tertiary/aromatic N) is 1. The van der Waals surface area contributed by atoms with Gasteiger partial charge in [-0.25, -0.2) is 0 Å². The van der Waals surface area contributed by atoms with E-state index >= 15 is 0 Å². The Hall–Kier alpha value is -2.52. The number of nitrogens with one attached hydrogen (secondary N) is 1. The largest absolute Gasteiger partial charge is 0.508 e. The molecule has 0 amide bonds. The van der Waals surface area contributed by atoms with Gasteiger partial charge in [-0.05, 0) is 60.9 Å². The molecule has 1 aromatic heterocycles. The number of halogens is 1. The molecule has 1 aliphatic carbocycles. The Bertz CT molecular complexity index is 906. The highest BCUT2D eigenvalue weighted by Gasteiger charge is 2.44. The molecule has 0 radical (unpaired) electrons. The predicted octanol–water partition coefficient (Wildman–Crippen LogP) is 5.25. The van der Waals surface area contributed by atoms with E-state index in [-0.39, 0.29) is 11.2 Å². The number of rotatable bonds is 5. The van der Waals surface area contributed by atoms with Crippen LogP contribution in [-0.2, 0) is 5.41 Å². The molecule has 0 atom stereocenters. The highest BCUT2D eigenvalue weighted by molar-refractivity contribution is 6.30. The van der Waals surface area contributed by atoms with Gasteiger partial charge in [0.05, 0.1) is 5.69 Å². The second-order valence-electron chi connectivity index (χ2n) is 6.62. The fourth-order valence-electron chi connectivity index (χ4n) is 3.17. The summed E-state index contributed by atoms with van der Waals surface area (Å²) in [6, 6.07) is 19.3. The summed E-state index contributed by atoms with van der Waals surface area (Å²) in [6.07, 6.45) is 4.17. The molecular weight excluding hydrogens is 332 g/mol. The van der Waals surface area contributed by atoms with Crippen molar-refractivity contribution in [3.8, 4) is 17.0 Å². The van der Waals surface area contributed by atoms with Gasteiger partial charge in [-0.1, -0.05) is 29.8 Å². The number of aromatic hydroxyl groups is 1. The summed E-state index contributed by atoms with van der Waals surface area (Å²) in [5.41, 5.74) is 4.30. The van der Waals surface area contributed by atoms with E-state index in [4.69, 9.17) is 11.6 Å². The van der Waals surface area contributed by atoms with Gasteiger partial charge in [0.25, 0.3) is 0 Å². The highest BCUT2D eigenvalue weighted by Crippen LogP contribution is 2.48. The number of hydrogen-bond acceptors (Lipinski definition) is 3. The van der Waals surface area contributed by atoms with E-state index in [1.54, 1.807) is 12.1 Å². The Morgan fingerprint density at radius 2 is 1.88 bits per heavy atom. The van der Waals surface area contributed by atoms with Crippen molar-refractivity contribution in [1.29, 1.82) is 0 Å². The standard InChI is InChI=1S/C21H19ClN2O/c22-17-4-2-5-18(13-17)24-14-21(8-9-21)16-7-10-23-20(12-16)15-3-1-6-19(25)11-15/h1-7,10-13,24-25H,8-9,14H2. The molecular formula is C21H19ClN2O. The number of benzene rings is 2. The third-order valence-corrected chi connectivity index (χ3v) is 5.06. The van der Waals surface area contributed by atoms with E-state index in [1.807, 2.05) is 42.6 Å². The third kappa shape index (κ3) is 3.47. The highest BCUT2D eigenvalue weighted by atomic mass is 35.5. The van der Waals surface area contributed by atoms with Gasteiger partial charge in [0.1, 0.15) is 5.75 Å². The van der Waals surface area contributed by atoms with Crippen molar-refractivity contribution in [2.75, 3.05) is 11.9 Å². The van der Waals surface area contributed by atoms with Crippen molar-refractivity contribution in [1.82, 2.24) is 4.98 Å². The molecule has 0 aliphatic heterocycles. The summed E-state index contributed by atoms with van der Waals surface area (Å²) < 4.78 is 0. The van der Waals surface area contributed by atoms with Crippen LogP contribution in [0.1, 0.15) is 18.4 Å². The number of hydrogen-bond donors (Lipinski definition) is 2. The van der Waals surface area contributed by atoms with Gasteiger partial charge < -0.3 is 10.4 Å². The summed E-state index contributed by atoms with van der Waals surface area (Å²) in [6.45, 7) is 0.872. The molecule has 0 unspecified atom stereocenters. The van der Waals surface area contributed by atoms with E-state index in [1.165, 1.54) is 5.56 Å². The second kappa shape index (κ2) is 6.41. The molecule has 0 bridgehead atoms. The topological polar surface area (TPSA) is 45.1 Å². The molecule has 1 saturated carbocycles. The smallest absolute Gasteiger partial charge is 0.116 e. The van der Waals surface area contributed by atoms with Crippen LogP contribution in [0.3, 0.4) is 0 Å². The van der Waals surface area contributed by atoms with Crippen LogP contribution >= 0.6 is 11.6 Å². The average molecular weight is 351 g/mol. The van der Waals surface area contributed by atoms with Crippen LogP contribution in [0.25, 0.3) is 11.3 Å². The SMILES string of the molecule is Oc1cccc(-c2cc(C3(CNc4cccc(Cl)c4)CC3)ccn2)c1. The van der Waals surface area contributed by atoms with Crippen LogP contribution < -0.4 is 5.32 Å². The fourth-order valence-corrected chi connectivity index (χ4v) is 3.36. The van der Waals surface area contributed by atoms with E-state index in [2.05, 4.69) is 22.4 Å². The lowest BCUT2D eigenvalue weighted by Gasteiger charge is -2.18. The zero-order valence-corrected chi connectivity index (χ0v) is 14.5. The molecule has 3 aromatic rings. The van der Waals surface area contributed by atoms with Crippen molar-refractivity contribution in [2.45, 2.75) is 18.3 Å². The van der Waals surface area contributed by atoms with Crippen molar-refractivity contribution in [3.05, 3.63) is 77.4 Å². The van der Waals surface area contributed by atoms with Gasteiger partial charge in [0.15, 0.2) is 0 Å². The minimum atomic E-state index is 0.150. The Balaban J connectivity index is 1.56. The summed E-state index contributed by atoms with van der Waals surface area (Å²) in [7, 11) is 0. The summed E-state index contributed by atoms with van der Waals surface area (Å²) in [5, 5.41) is 14.0. The summed E-state index contributed by atoms with van der Waals surface area (Å²) in [4.78, 5) is 4.47. The molecule has 2 aromatic carbocycles. The quantitative estimate of drug-likeness (QED) is 0.660. The minimum Gasteiger partial charge on any atom is -0.508 e. The second-order valence-corrected chi connectivity index (χ2v) is 7.06. The van der Waals surface area contributed by atoms with Crippen LogP contribution in [0.2, 0.25) is 5.02 Å². The number of aromatic nitrogens is 1. The first-order valence-electron chi connectivity index (χ1n) is 8.40. The molecule has 2 N–H and O–H groups in total. The Labute approximate surface area is 152 Å². The molecule has 1 aliphatic rings. The first kappa shape index (κ1) is 16.0. The van der Waals surface area contributed by atoms with E-state index in [9.17, 15) is 5.11 Å². The van der Waals surface area contributed by atoms with Crippen LogP contribution in [0.15, 0.2) is 66.9 Å². The Morgan fingerprint density at radius 1 is 1.04 bits per heavy atom. The van der Waals surface area contributed by atoms with Gasteiger partial charge in [-0.2, -0.15) is 0 Å². The first-order chi connectivity index (χ1) is 12.1. The van der Waals surface area contributed by atoms with Gasteiger partial charge in [-0.15, -0.1) is 0 Å². The van der Waals surface area contributed by atoms with Crippen LogP contribution in [0.4, 0.5) is 5.69 Å². The molecule has 126 valence electrons. The Kier molecular flexibility index (Phi) is 4.10. The normalized spacial score (nSPS) is 14.9. The predicted molar refractivity (Wildman–Crippen MR) is 102 cm³/mol. The van der Waals surface area contributed by atoms with Crippen LogP contribution in [-0.4, -0.2) is 16.6 Å². The van der Waals surface area contributed by atoms with Crippen molar-refractivity contribution < 1.29 is 5.11 Å². The molecule has 0 saturated heterocycles. The number of pyridine rings is 1. The third-order valence-electron chi connectivity index (χ3n) is 4.82. The van der Waals surface area contributed by atoms with E-state index in [0.29, 0.717) is 0 Å². The van der Waals surface area contributed by atoms with Gasteiger partial charge in [0.2, 0.25) is 0 Å². The Morgan fingerprint density at radius 3 is 2.64 bits per heavy atom. The lowest BCUT2D eigenvalue weighted by atomic mass is 9.95. The number of anilines is 1. The maximum absolute atomic E-state index is 9.70. The molecule has 1 fully saturated rings. The molecule has 4 heteroatoms. The average Bonchev–Trinajstić information content (AvgIpc) is 3.42. The molecule has 0 spiro atoms.